The van der Waals surface area contributed by atoms with E-state index in [4.69, 9.17) is 0 Å². The molecule has 0 saturated carbocycles. The summed E-state index contributed by atoms with van der Waals surface area (Å²) >= 11 is 2.33. The molecule has 0 amide bonds. The molecule has 0 aromatic heterocycles. The molecule has 84 valence electrons. The molecule has 0 unspecified atom stereocenters. The van der Waals surface area contributed by atoms with E-state index >= 15 is 0 Å². The van der Waals surface area contributed by atoms with E-state index in [1.807, 2.05) is 0 Å². The summed E-state index contributed by atoms with van der Waals surface area (Å²) in [7, 11) is 0. The highest BCUT2D eigenvalue weighted by atomic mass is 127. The Morgan fingerprint density at radius 3 is 2.27 bits per heavy atom. The van der Waals surface area contributed by atoms with Gasteiger partial charge in [0, 0.05) is 10.1 Å². The lowest BCUT2D eigenvalue weighted by atomic mass is 9.92. The van der Waals surface area contributed by atoms with Crippen LogP contribution in [0.25, 0.3) is 0 Å². The van der Waals surface area contributed by atoms with Crippen molar-refractivity contribution in [2.75, 3.05) is 6.54 Å². The summed E-state index contributed by atoms with van der Waals surface area (Å²) < 4.78 is 1.30. The van der Waals surface area contributed by atoms with Gasteiger partial charge in [0.15, 0.2) is 0 Å². The Bertz CT molecular complexity index is 284. The Kier molecular flexibility index (Phi) is 5.06. The molecule has 0 heterocycles. The van der Waals surface area contributed by atoms with E-state index in [0.717, 1.165) is 13.1 Å². The number of benzene rings is 1. The third-order valence-corrected chi connectivity index (χ3v) is 3.01. The van der Waals surface area contributed by atoms with Crippen LogP contribution in [0.4, 0.5) is 0 Å². The van der Waals surface area contributed by atoms with Crippen LogP contribution in [-0.2, 0) is 6.54 Å². The third kappa shape index (κ3) is 6.15. The van der Waals surface area contributed by atoms with Crippen molar-refractivity contribution in [1.29, 1.82) is 0 Å². The largest absolute Gasteiger partial charge is 0.313 e. The molecular formula is C13H20IN. The van der Waals surface area contributed by atoms with Crippen LogP contribution in [0.2, 0.25) is 0 Å². The fraction of sp³-hybridized carbons (Fsp3) is 0.538. The maximum Gasteiger partial charge on any atom is 0.0205 e. The summed E-state index contributed by atoms with van der Waals surface area (Å²) in [5.74, 6) is 0. The predicted octanol–water partition coefficient (Wildman–Crippen LogP) is 3.82. The van der Waals surface area contributed by atoms with Gasteiger partial charge in [-0.3, -0.25) is 0 Å². The quantitative estimate of drug-likeness (QED) is 0.658. The SMILES string of the molecule is CC(C)(C)CCNCc1ccc(I)cc1. The Morgan fingerprint density at radius 2 is 1.73 bits per heavy atom. The van der Waals surface area contributed by atoms with Gasteiger partial charge in [0.25, 0.3) is 0 Å². The standard InChI is InChI=1S/C13H20IN/c1-13(2,3)8-9-15-10-11-4-6-12(14)7-5-11/h4-7,15H,8-10H2,1-3H3. The molecule has 0 saturated heterocycles. The Morgan fingerprint density at radius 1 is 1.13 bits per heavy atom. The minimum absolute atomic E-state index is 0.430. The minimum Gasteiger partial charge on any atom is -0.313 e. The van der Waals surface area contributed by atoms with Gasteiger partial charge in [-0.05, 0) is 58.7 Å². The van der Waals surface area contributed by atoms with Crippen molar-refractivity contribution < 1.29 is 0 Å². The van der Waals surface area contributed by atoms with Crippen molar-refractivity contribution in [2.45, 2.75) is 33.7 Å². The van der Waals surface area contributed by atoms with E-state index in [1.54, 1.807) is 0 Å². The Balaban J connectivity index is 2.23. The number of hydrogen-bond donors (Lipinski definition) is 1. The van der Waals surface area contributed by atoms with Crippen LogP contribution in [-0.4, -0.2) is 6.54 Å². The van der Waals surface area contributed by atoms with Gasteiger partial charge >= 0.3 is 0 Å². The van der Waals surface area contributed by atoms with Gasteiger partial charge in [-0.1, -0.05) is 32.9 Å². The monoisotopic (exact) mass is 317 g/mol. The number of hydrogen-bond acceptors (Lipinski definition) is 1. The lowest BCUT2D eigenvalue weighted by molar-refractivity contribution is 0.366. The van der Waals surface area contributed by atoms with Crippen LogP contribution in [0.3, 0.4) is 0 Å². The fourth-order valence-corrected chi connectivity index (χ4v) is 1.66. The summed E-state index contributed by atoms with van der Waals surface area (Å²) in [4.78, 5) is 0. The molecule has 1 aromatic carbocycles. The lowest BCUT2D eigenvalue weighted by Crippen LogP contribution is -2.20. The highest BCUT2D eigenvalue weighted by molar-refractivity contribution is 14.1. The average molecular weight is 317 g/mol. The molecule has 2 heteroatoms. The van der Waals surface area contributed by atoms with Gasteiger partial charge in [0.1, 0.15) is 0 Å². The van der Waals surface area contributed by atoms with E-state index in [0.29, 0.717) is 5.41 Å². The molecule has 0 spiro atoms. The summed E-state index contributed by atoms with van der Waals surface area (Å²) in [5, 5.41) is 3.48. The Hall–Kier alpha value is -0.0900. The molecule has 0 atom stereocenters. The lowest BCUT2D eigenvalue weighted by Gasteiger charge is -2.18. The first-order valence-electron chi connectivity index (χ1n) is 5.42. The second-order valence-corrected chi connectivity index (χ2v) is 6.36. The summed E-state index contributed by atoms with van der Waals surface area (Å²) in [6.07, 6.45) is 1.22. The molecule has 0 aliphatic heterocycles. The third-order valence-electron chi connectivity index (χ3n) is 2.29. The molecule has 1 rings (SSSR count). The second kappa shape index (κ2) is 5.85. The fourth-order valence-electron chi connectivity index (χ4n) is 1.30. The molecule has 0 bridgehead atoms. The van der Waals surface area contributed by atoms with Crippen molar-refractivity contribution in [2.24, 2.45) is 5.41 Å². The van der Waals surface area contributed by atoms with Gasteiger partial charge in [0.05, 0.1) is 0 Å². The second-order valence-electron chi connectivity index (χ2n) is 5.11. The van der Waals surface area contributed by atoms with Crippen molar-refractivity contribution in [1.82, 2.24) is 5.32 Å². The molecule has 0 radical (unpaired) electrons. The summed E-state index contributed by atoms with van der Waals surface area (Å²) in [6, 6.07) is 8.68. The van der Waals surface area contributed by atoms with Crippen LogP contribution in [0.15, 0.2) is 24.3 Å². The molecule has 0 fully saturated rings. The Labute approximate surface area is 107 Å². The van der Waals surface area contributed by atoms with E-state index in [-0.39, 0.29) is 0 Å². The van der Waals surface area contributed by atoms with Gasteiger partial charge in [-0.2, -0.15) is 0 Å². The van der Waals surface area contributed by atoms with Crippen LogP contribution < -0.4 is 5.32 Å². The average Bonchev–Trinajstić information content (AvgIpc) is 2.14. The van der Waals surface area contributed by atoms with E-state index in [9.17, 15) is 0 Å². The molecule has 1 nitrogen and oxygen atoms in total. The predicted molar refractivity (Wildman–Crippen MR) is 74.9 cm³/mol. The zero-order valence-corrected chi connectivity index (χ0v) is 12.0. The summed E-state index contributed by atoms with van der Waals surface area (Å²) in [5.41, 5.74) is 1.79. The van der Waals surface area contributed by atoms with Crippen LogP contribution >= 0.6 is 22.6 Å². The van der Waals surface area contributed by atoms with Gasteiger partial charge < -0.3 is 5.32 Å². The van der Waals surface area contributed by atoms with Gasteiger partial charge in [-0.25, -0.2) is 0 Å². The topological polar surface area (TPSA) is 12.0 Å². The first-order chi connectivity index (χ1) is 6.97. The van der Waals surface area contributed by atoms with Crippen LogP contribution in [0, 0.1) is 8.99 Å². The number of halogens is 1. The van der Waals surface area contributed by atoms with Crippen LogP contribution in [0.1, 0.15) is 32.8 Å². The maximum atomic E-state index is 3.48. The first kappa shape index (κ1) is 13.0. The van der Waals surface area contributed by atoms with E-state index < -0.39 is 0 Å². The van der Waals surface area contributed by atoms with Crippen molar-refractivity contribution in [3.8, 4) is 0 Å². The molecule has 1 aromatic rings. The highest BCUT2D eigenvalue weighted by Crippen LogP contribution is 2.17. The number of nitrogens with one attached hydrogen (secondary N) is 1. The van der Waals surface area contributed by atoms with Crippen molar-refractivity contribution in [3.05, 3.63) is 33.4 Å². The molecule has 15 heavy (non-hydrogen) atoms. The zero-order valence-electron chi connectivity index (χ0n) is 9.81. The van der Waals surface area contributed by atoms with E-state index in [1.165, 1.54) is 15.6 Å². The first-order valence-corrected chi connectivity index (χ1v) is 6.50. The smallest absolute Gasteiger partial charge is 0.0205 e. The molecule has 1 N–H and O–H groups in total. The van der Waals surface area contributed by atoms with Crippen molar-refractivity contribution >= 4 is 22.6 Å². The van der Waals surface area contributed by atoms with Crippen molar-refractivity contribution in [3.63, 3.8) is 0 Å². The molecule has 0 aliphatic rings. The van der Waals surface area contributed by atoms with E-state index in [2.05, 4.69) is 72.9 Å². The highest BCUT2D eigenvalue weighted by Gasteiger charge is 2.08. The normalized spacial score (nSPS) is 11.7. The van der Waals surface area contributed by atoms with Crippen LogP contribution in [0.5, 0.6) is 0 Å². The molecular weight excluding hydrogens is 297 g/mol. The summed E-state index contributed by atoms with van der Waals surface area (Å²) in [6.45, 7) is 8.90. The maximum absolute atomic E-state index is 3.48. The molecule has 0 aliphatic carbocycles. The van der Waals surface area contributed by atoms with Gasteiger partial charge in [0.2, 0.25) is 0 Å². The van der Waals surface area contributed by atoms with Gasteiger partial charge in [-0.15, -0.1) is 0 Å². The number of rotatable bonds is 4. The zero-order chi connectivity index (χ0) is 11.3. The minimum atomic E-state index is 0.430.